The number of anilines is 1. The third-order valence-electron chi connectivity index (χ3n) is 3.28. The summed E-state index contributed by atoms with van der Waals surface area (Å²) in [5.74, 6) is 0.692. The van der Waals surface area contributed by atoms with Gasteiger partial charge in [-0.1, -0.05) is 13.0 Å². The normalized spacial score (nSPS) is 14.1. The van der Waals surface area contributed by atoms with Crippen molar-refractivity contribution in [2.24, 2.45) is 0 Å². The zero-order valence-corrected chi connectivity index (χ0v) is 12.3. The van der Waals surface area contributed by atoms with E-state index in [9.17, 15) is 13.2 Å². The molecule has 1 aliphatic rings. The van der Waals surface area contributed by atoms with E-state index in [0.717, 1.165) is 12.2 Å². The van der Waals surface area contributed by atoms with E-state index in [1.165, 1.54) is 0 Å². The number of hydrogen-bond acceptors (Lipinski definition) is 5. The molecule has 0 amide bonds. The molecule has 0 saturated carbocycles. The summed E-state index contributed by atoms with van der Waals surface area (Å²) in [5.41, 5.74) is 1.35. The van der Waals surface area contributed by atoms with Crippen molar-refractivity contribution in [2.75, 3.05) is 30.0 Å². The molecule has 20 heavy (non-hydrogen) atoms. The van der Waals surface area contributed by atoms with Gasteiger partial charge in [0.25, 0.3) is 0 Å². The van der Waals surface area contributed by atoms with Gasteiger partial charge >= 0.3 is 0 Å². The highest BCUT2D eigenvalue weighted by molar-refractivity contribution is 7.91. The second kappa shape index (κ2) is 6.26. The molecule has 0 aliphatic carbocycles. The Morgan fingerprint density at radius 2 is 2.20 bits per heavy atom. The first-order valence-electron chi connectivity index (χ1n) is 6.77. The molecule has 1 heterocycles. The quantitative estimate of drug-likeness (QED) is 0.812. The highest BCUT2D eigenvalue weighted by Gasteiger charge is 2.19. The predicted molar refractivity (Wildman–Crippen MR) is 78.3 cm³/mol. The van der Waals surface area contributed by atoms with Gasteiger partial charge in [-0.2, -0.15) is 0 Å². The molecule has 0 spiro atoms. The van der Waals surface area contributed by atoms with Gasteiger partial charge in [-0.3, -0.25) is 4.79 Å². The van der Waals surface area contributed by atoms with Crippen LogP contribution in [0, 0.1) is 0 Å². The van der Waals surface area contributed by atoms with Gasteiger partial charge in [0.1, 0.15) is 16.4 Å². The van der Waals surface area contributed by atoms with E-state index in [0.29, 0.717) is 24.3 Å². The summed E-state index contributed by atoms with van der Waals surface area (Å²) < 4.78 is 28.4. The lowest BCUT2D eigenvalue weighted by molar-refractivity contribution is 0.0978. The number of rotatable bonds is 6. The number of nitrogens with one attached hydrogen (secondary N) is 1. The molecule has 0 radical (unpaired) electrons. The lowest BCUT2D eigenvalue weighted by Crippen LogP contribution is -2.20. The van der Waals surface area contributed by atoms with E-state index >= 15 is 0 Å². The molecule has 1 aromatic carbocycles. The number of ether oxygens (including phenoxy) is 1. The van der Waals surface area contributed by atoms with Gasteiger partial charge in [0.2, 0.25) is 0 Å². The van der Waals surface area contributed by atoms with Gasteiger partial charge in [-0.05, 0) is 18.6 Å². The molecule has 0 fully saturated rings. The van der Waals surface area contributed by atoms with Crippen molar-refractivity contribution >= 4 is 21.3 Å². The Balaban J connectivity index is 2.03. The van der Waals surface area contributed by atoms with E-state index < -0.39 is 9.84 Å². The SMILES string of the molecule is CCS(=O)(=O)CCCC(=O)c1cccc2c1OCCN2. The molecule has 0 saturated heterocycles. The Labute approximate surface area is 119 Å². The summed E-state index contributed by atoms with van der Waals surface area (Å²) in [6, 6.07) is 5.39. The van der Waals surface area contributed by atoms with Crippen molar-refractivity contribution in [1.82, 2.24) is 0 Å². The molecule has 0 bridgehead atoms. The molecule has 0 unspecified atom stereocenters. The molecule has 1 aromatic rings. The largest absolute Gasteiger partial charge is 0.489 e. The Kier molecular flexibility index (Phi) is 4.65. The fourth-order valence-corrected chi connectivity index (χ4v) is 2.99. The van der Waals surface area contributed by atoms with Crippen LogP contribution in [0.1, 0.15) is 30.1 Å². The molecule has 1 aliphatic heterocycles. The van der Waals surface area contributed by atoms with Crippen LogP contribution in [0.25, 0.3) is 0 Å². The first kappa shape index (κ1) is 14.8. The summed E-state index contributed by atoms with van der Waals surface area (Å²) in [4.78, 5) is 12.2. The molecule has 0 aromatic heterocycles. The average Bonchev–Trinajstić information content (AvgIpc) is 2.46. The Morgan fingerprint density at radius 1 is 1.40 bits per heavy atom. The minimum Gasteiger partial charge on any atom is -0.489 e. The fraction of sp³-hybridized carbons (Fsp3) is 0.500. The summed E-state index contributed by atoms with van der Waals surface area (Å²) in [5, 5.41) is 3.17. The topological polar surface area (TPSA) is 72.5 Å². The molecule has 2 rings (SSSR count). The third kappa shape index (κ3) is 3.50. The standard InChI is InChI=1S/C14H19NO4S/c1-2-20(17,18)10-4-7-13(16)11-5-3-6-12-14(11)19-9-8-15-12/h3,5-6,15H,2,4,7-10H2,1H3. The van der Waals surface area contributed by atoms with E-state index in [-0.39, 0.29) is 23.7 Å². The maximum atomic E-state index is 12.2. The highest BCUT2D eigenvalue weighted by atomic mass is 32.2. The van der Waals surface area contributed by atoms with Crippen LogP contribution in [0.3, 0.4) is 0 Å². The minimum absolute atomic E-state index is 0.0589. The number of fused-ring (bicyclic) bond motifs is 1. The highest BCUT2D eigenvalue weighted by Crippen LogP contribution is 2.32. The number of carbonyl (C=O) groups excluding carboxylic acids is 1. The first-order chi connectivity index (χ1) is 9.53. The Hall–Kier alpha value is -1.56. The van der Waals surface area contributed by atoms with Gasteiger partial charge in [-0.25, -0.2) is 8.42 Å². The summed E-state index contributed by atoms with van der Waals surface area (Å²) in [7, 11) is -3.01. The Morgan fingerprint density at radius 3 is 2.95 bits per heavy atom. The van der Waals surface area contributed by atoms with E-state index in [2.05, 4.69) is 5.32 Å². The molecule has 0 atom stereocenters. The van der Waals surface area contributed by atoms with Crippen LogP contribution in [0.5, 0.6) is 5.75 Å². The number of carbonyl (C=O) groups is 1. The zero-order chi connectivity index (χ0) is 14.6. The van der Waals surface area contributed by atoms with Crippen molar-refractivity contribution in [3.63, 3.8) is 0 Å². The van der Waals surface area contributed by atoms with Crippen molar-refractivity contribution in [1.29, 1.82) is 0 Å². The van der Waals surface area contributed by atoms with Crippen molar-refractivity contribution in [3.8, 4) is 5.75 Å². The van der Waals surface area contributed by atoms with Gasteiger partial charge < -0.3 is 10.1 Å². The number of hydrogen-bond donors (Lipinski definition) is 1. The molecular weight excluding hydrogens is 278 g/mol. The maximum absolute atomic E-state index is 12.2. The van der Waals surface area contributed by atoms with Crippen LogP contribution >= 0.6 is 0 Å². The van der Waals surface area contributed by atoms with E-state index in [1.54, 1.807) is 19.1 Å². The van der Waals surface area contributed by atoms with Crippen LogP contribution < -0.4 is 10.1 Å². The van der Waals surface area contributed by atoms with Gasteiger partial charge in [0.15, 0.2) is 11.5 Å². The van der Waals surface area contributed by atoms with Crippen molar-refractivity contribution < 1.29 is 17.9 Å². The third-order valence-corrected chi connectivity index (χ3v) is 5.07. The minimum atomic E-state index is -3.01. The van der Waals surface area contributed by atoms with Gasteiger partial charge in [0.05, 0.1) is 17.0 Å². The lowest BCUT2D eigenvalue weighted by atomic mass is 10.0. The fourth-order valence-electron chi connectivity index (χ4n) is 2.12. The molecule has 5 nitrogen and oxygen atoms in total. The molecule has 110 valence electrons. The average molecular weight is 297 g/mol. The molecule has 6 heteroatoms. The molecule has 1 N–H and O–H groups in total. The Bertz CT molecular complexity index is 595. The smallest absolute Gasteiger partial charge is 0.166 e. The van der Waals surface area contributed by atoms with E-state index in [4.69, 9.17) is 4.74 Å². The summed E-state index contributed by atoms with van der Waals surface area (Å²) >= 11 is 0. The number of ketones is 1. The van der Waals surface area contributed by atoms with Crippen LogP contribution in [-0.4, -0.2) is 38.9 Å². The van der Waals surface area contributed by atoms with Crippen LogP contribution in [0.4, 0.5) is 5.69 Å². The lowest BCUT2D eigenvalue weighted by Gasteiger charge is -2.21. The van der Waals surface area contributed by atoms with Gasteiger partial charge in [-0.15, -0.1) is 0 Å². The summed E-state index contributed by atoms with van der Waals surface area (Å²) in [6.07, 6.45) is 0.575. The van der Waals surface area contributed by atoms with Crippen LogP contribution in [-0.2, 0) is 9.84 Å². The number of benzene rings is 1. The number of Topliss-reactive ketones (excluding diaryl/α,β-unsaturated/α-hetero) is 1. The van der Waals surface area contributed by atoms with Crippen molar-refractivity contribution in [2.45, 2.75) is 19.8 Å². The van der Waals surface area contributed by atoms with Crippen LogP contribution in [0.15, 0.2) is 18.2 Å². The summed E-state index contributed by atoms with van der Waals surface area (Å²) in [6.45, 7) is 2.87. The second-order valence-corrected chi connectivity index (χ2v) is 7.19. The zero-order valence-electron chi connectivity index (χ0n) is 11.5. The molecular formula is C14H19NO4S. The monoisotopic (exact) mass is 297 g/mol. The number of para-hydroxylation sites is 1. The predicted octanol–water partition coefficient (Wildman–Crippen LogP) is 1.89. The van der Waals surface area contributed by atoms with E-state index in [1.807, 2.05) is 6.07 Å². The van der Waals surface area contributed by atoms with Crippen molar-refractivity contribution in [3.05, 3.63) is 23.8 Å². The van der Waals surface area contributed by atoms with Crippen LogP contribution in [0.2, 0.25) is 0 Å². The second-order valence-electron chi connectivity index (χ2n) is 4.72. The first-order valence-corrected chi connectivity index (χ1v) is 8.59. The maximum Gasteiger partial charge on any atom is 0.166 e. The number of sulfone groups is 1. The van der Waals surface area contributed by atoms with Gasteiger partial charge in [0, 0.05) is 18.7 Å².